The molecule has 1 rings (SSSR count). The largest absolute Gasteiger partial charge is 0.371 e. The minimum absolute atomic E-state index is 0.340. The van der Waals surface area contributed by atoms with E-state index >= 15 is 0 Å². The molecule has 0 fully saturated rings. The summed E-state index contributed by atoms with van der Waals surface area (Å²) in [6.45, 7) is 9.48. The van der Waals surface area contributed by atoms with Crippen molar-refractivity contribution in [3.8, 4) is 0 Å². The molecule has 0 aliphatic carbocycles. The summed E-state index contributed by atoms with van der Waals surface area (Å²) < 4.78 is 0.340. The molecule has 0 atom stereocenters. The van der Waals surface area contributed by atoms with Crippen LogP contribution in [0.5, 0.6) is 0 Å². The molecule has 1 aliphatic rings. The molecular weight excluding hydrogens is 156 g/mol. The van der Waals surface area contributed by atoms with E-state index in [4.69, 9.17) is 0 Å². The van der Waals surface area contributed by atoms with Crippen LogP contribution in [0, 0.1) is 6.54 Å². The molecule has 2 nitrogen and oxygen atoms in total. The maximum Gasteiger partial charge on any atom is 0.107 e. The smallest absolute Gasteiger partial charge is 0.107 e. The van der Waals surface area contributed by atoms with E-state index in [1.54, 1.807) is 0 Å². The van der Waals surface area contributed by atoms with Gasteiger partial charge in [-0.25, -0.2) is 0 Å². The number of hydrogen-bond acceptors (Lipinski definition) is 3. The number of nitrogens with one attached hydrogen (secondary N) is 1. The molecule has 0 bridgehead atoms. The summed E-state index contributed by atoms with van der Waals surface area (Å²) in [5, 5.41) is 3.20. The summed E-state index contributed by atoms with van der Waals surface area (Å²) in [6.07, 6.45) is 0. The highest BCUT2D eigenvalue weighted by Crippen LogP contribution is 2.22. The molecule has 1 heterocycles. The van der Waals surface area contributed by atoms with Crippen LogP contribution in [0.1, 0.15) is 20.8 Å². The highest BCUT2D eigenvalue weighted by molar-refractivity contribution is 8.01. The zero-order chi connectivity index (χ0) is 8.32. The number of aliphatic imine (C=N–C) groups is 1. The lowest BCUT2D eigenvalue weighted by atomic mass is 10.3. The first-order chi connectivity index (χ1) is 5.08. The van der Waals surface area contributed by atoms with Gasteiger partial charge in [-0.3, -0.25) is 4.99 Å². The SMILES string of the molecule is CC(C)(C)SCC1=N[CH]CN1. The third-order valence-corrected chi connectivity index (χ3v) is 2.57. The highest BCUT2D eigenvalue weighted by Gasteiger charge is 2.13. The number of hydrogen-bond donors (Lipinski definition) is 1. The van der Waals surface area contributed by atoms with Gasteiger partial charge in [-0.1, -0.05) is 20.8 Å². The second-order valence-corrected chi connectivity index (χ2v) is 5.34. The molecule has 1 radical (unpaired) electrons. The molecule has 63 valence electrons. The Balaban J connectivity index is 2.22. The fourth-order valence-corrected chi connectivity index (χ4v) is 1.48. The predicted octanol–water partition coefficient (Wildman–Crippen LogP) is 1.68. The van der Waals surface area contributed by atoms with Gasteiger partial charge in [-0.05, 0) is 0 Å². The normalized spacial score (nSPS) is 17.9. The minimum Gasteiger partial charge on any atom is -0.371 e. The second-order valence-electron chi connectivity index (χ2n) is 3.54. The Kier molecular flexibility index (Phi) is 2.82. The van der Waals surface area contributed by atoms with Crippen molar-refractivity contribution in [3.63, 3.8) is 0 Å². The first-order valence-electron chi connectivity index (χ1n) is 3.84. The topological polar surface area (TPSA) is 24.4 Å². The van der Waals surface area contributed by atoms with Crippen molar-refractivity contribution in [1.29, 1.82) is 0 Å². The summed E-state index contributed by atoms with van der Waals surface area (Å²) >= 11 is 1.92. The minimum atomic E-state index is 0.340. The van der Waals surface area contributed by atoms with Gasteiger partial charge in [-0.2, -0.15) is 0 Å². The predicted molar refractivity (Wildman–Crippen MR) is 51.9 cm³/mol. The summed E-state index contributed by atoms with van der Waals surface area (Å²) in [6, 6.07) is 0. The molecule has 1 aliphatic heterocycles. The van der Waals surface area contributed by atoms with Gasteiger partial charge in [0.2, 0.25) is 0 Å². The van der Waals surface area contributed by atoms with Crippen LogP contribution in [0.2, 0.25) is 0 Å². The molecule has 0 spiro atoms. The highest BCUT2D eigenvalue weighted by atomic mass is 32.2. The van der Waals surface area contributed by atoms with Crippen LogP contribution in [0.25, 0.3) is 0 Å². The van der Waals surface area contributed by atoms with E-state index < -0.39 is 0 Å². The summed E-state index contributed by atoms with van der Waals surface area (Å²) in [4.78, 5) is 4.20. The van der Waals surface area contributed by atoms with Crippen molar-refractivity contribution < 1.29 is 0 Å². The molecule has 3 heteroatoms. The number of amidine groups is 1. The molecule has 0 saturated carbocycles. The van der Waals surface area contributed by atoms with Gasteiger partial charge in [0.1, 0.15) is 5.84 Å². The summed E-state index contributed by atoms with van der Waals surface area (Å²) in [5.41, 5.74) is 0. The van der Waals surface area contributed by atoms with Gasteiger partial charge >= 0.3 is 0 Å². The maximum absolute atomic E-state index is 4.20. The third kappa shape index (κ3) is 3.65. The van der Waals surface area contributed by atoms with Crippen LogP contribution in [0.3, 0.4) is 0 Å². The van der Waals surface area contributed by atoms with Crippen LogP contribution in [0.15, 0.2) is 4.99 Å². The first kappa shape index (κ1) is 8.91. The third-order valence-electron chi connectivity index (χ3n) is 1.29. The lowest BCUT2D eigenvalue weighted by molar-refractivity contribution is 0.805. The second kappa shape index (κ2) is 3.48. The molecule has 0 aromatic heterocycles. The summed E-state index contributed by atoms with van der Waals surface area (Å²) in [7, 11) is 0. The molecule has 0 aromatic rings. The van der Waals surface area contributed by atoms with Crippen molar-refractivity contribution in [3.05, 3.63) is 6.54 Å². The molecule has 0 aromatic carbocycles. The van der Waals surface area contributed by atoms with Crippen molar-refractivity contribution >= 4 is 17.6 Å². The number of rotatable bonds is 2. The molecule has 0 unspecified atom stereocenters. The van der Waals surface area contributed by atoms with Gasteiger partial charge in [0.05, 0.1) is 12.3 Å². The maximum atomic E-state index is 4.20. The van der Waals surface area contributed by atoms with Crippen LogP contribution in [0.4, 0.5) is 0 Å². The zero-order valence-corrected chi connectivity index (χ0v) is 8.16. The Bertz CT molecular complexity index is 158. The zero-order valence-electron chi connectivity index (χ0n) is 7.35. The molecular formula is C8H15N2S. The van der Waals surface area contributed by atoms with Crippen molar-refractivity contribution in [1.82, 2.24) is 5.32 Å². The lowest BCUT2D eigenvalue weighted by Crippen LogP contribution is -2.22. The molecule has 1 N–H and O–H groups in total. The van der Waals surface area contributed by atoms with Crippen molar-refractivity contribution in [2.75, 3.05) is 12.3 Å². The average molecular weight is 171 g/mol. The van der Waals surface area contributed by atoms with Gasteiger partial charge in [0.25, 0.3) is 0 Å². The average Bonchev–Trinajstić information content (AvgIpc) is 2.32. The molecule has 0 saturated heterocycles. The van der Waals surface area contributed by atoms with Gasteiger partial charge < -0.3 is 5.32 Å². The first-order valence-corrected chi connectivity index (χ1v) is 4.83. The Labute approximate surface area is 72.9 Å². The quantitative estimate of drug-likeness (QED) is 0.683. The lowest BCUT2D eigenvalue weighted by Gasteiger charge is -2.17. The van der Waals surface area contributed by atoms with E-state index in [0.717, 1.165) is 18.1 Å². The Morgan fingerprint density at radius 2 is 2.36 bits per heavy atom. The Morgan fingerprint density at radius 3 is 2.82 bits per heavy atom. The van der Waals surface area contributed by atoms with E-state index in [2.05, 4.69) is 31.1 Å². The van der Waals surface area contributed by atoms with Crippen LogP contribution in [-0.4, -0.2) is 22.9 Å². The Morgan fingerprint density at radius 1 is 1.64 bits per heavy atom. The number of nitrogens with zero attached hydrogens (tertiary/aromatic N) is 1. The van der Waals surface area contributed by atoms with E-state index in [0.29, 0.717) is 4.75 Å². The van der Waals surface area contributed by atoms with Crippen LogP contribution < -0.4 is 5.32 Å². The number of thioether (sulfide) groups is 1. The summed E-state index contributed by atoms with van der Waals surface area (Å²) in [5.74, 6) is 2.12. The van der Waals surface area contributed by atoms with Crippen molar-refractivity contribution in [2.24, 2.45) is 4.99 Å². The van der Waals surface area contributed by atoms with Gasteiger partial charge in [0, 0.05) is 11.3 Å². The molecule has 11 heavy (non-hydrogen) atoms. The monoisotopic (exact) mass is 171 g/mol. The fourth-order valence-electron chi connectivity index (χ4n) is 0.738. The van der Waals surface area contributed by atoms with E-state index in [9.17, 15) is 0 Å². The standard InChI is InChI=1S/C8H15N2S/c1-8(2,3)11-6-7-9-4-5-10-7/h4H,5-6H2,1-3H3,(H,9,10). The van der Waals surface area contributed by atoms with E-state index in [1.807, 2.05) is 18.3 Å². The Hall–Kier alpha value is -0.180. The van der Waals surface area contributed by atoms with Crippen molar-refractivity contribution in [2.45, 2.75) is 25.5 Å². The fraction of sp³-hybridized carbons (Fsp3) is 0.750. The van der Waals surface area contributed by atoms with E-state index in [-0.39, 0.29) is 0 Å². The van der Waals surface area contributed by atoms with Gasteiger partial charge in [-0.15, -0.1) is 11.8 Å². The van der Waals surface area contributed by atoms with E-state index in [1.165, 1.54) is 0 Å². The van der Waals surface area contributed by atoms with Crippen LogP contribution in [-0.2, 0) is 0 Å². The molecule has 0 amide bonds. The van der Waals surface area contributed by atoms with Crippen LogP contribution >= 0.6 is 11.8 Å². The van der Waals surface area contributed by atoms with Gasteiger partial charge in [0.15, 0.2) is 0 Å².